The average molecular weight is 277 g/mol. The lowest BCUT2D eigenvalue weighted by Gasteiger charge is -2.28. The van der Waals surface area contributed by atoms with Crippen LogP contribution in [0.1, 0.15) is 18.9 Å². The Balaban J connectivity index is 1.70. The number of anilines is 1. The smallest absolute Gasteiger partial charge is 0.230 e. The minimum atomic E-state index is 0.133. The molecule has 0 atom stereocenters. The van der Waals surface area contributed by atoms with Crippen LogP contribution in [0.4, 0.5) is 5.69 Å². The molecular formula is C16H27N3O+2. The van der Waals surface area contributed by atoms with E-state index in [-0.39, 0.29) is 5.91 Å². The zero-order valence-corrected chi connectivity index (χ0v) is 12.7. The van der Waals surface area contributed by atoms with E-state index in [1.54, 1.807) is 9.80 Å². The molecule has 0 saturated carbocycles. The number of rotatable bonds is 5. The van der Waals surface area contributed by atoms with E-state index < -0.39 is 0 Å². The van der Waals surface area contributed by atoms with Crippen LogP contribution in [-0.4, -0.2) is 45.2 Å². The molecule has 20 heavy (non-hydrogen) atoms. The Kier molecular flexibility index (Phi) is 5.56. The summed E-state index contributed by atoms with van der Waals surface area (Å²) in [6, 6.07) is 7.97. The van der Waals surface area contributed by atoms with Crippen molar-refractivity contribution in [2.75, 3.05) is 44.6 Å². The number of carbonyl (C=O) groups excluding carboxylic acids is 1. The number of hydrogen-bond donors (Lipinski definition) is 3. The highest BCUT2D eigenvalue weighted by atomic mass is 16.1. The van der Waals surface area contributed by atoms with Gasteiger partial charge in [0.25, 0.3) is 0 Å². The molecule has 1 amide bonds. The fraction of sp³-hybridized carbons (Fsp3) is 0.562. The summed E-state index contributed by atoms with van der Waals surface area (Å²) in [5, 5.41) is 2.98. The SMILES string of the molecule is CC[NH+]1CC[NH+](CCC(=O)Nc2cccc(C)c2)CC1. The van der Waals surface area contributed by atoms with Crippen LogP contribution in [0.15, 0.2) is 24.3 Å². The predicted molar refractivity (Wildman–Crippen MR) is 81.2 cm³/mol. The van der Waals surface area contributed by atoms with Gasteiger partial charge in [-0.3, -0.25) is 4.79 Å². The molecule has 1 fully saturated rings. The van der Waals surface area contributed by atoms with Crippen molar-refractivity contribution in [3.8, 4) is 0 Å². The van der Waals surface area contributed by atoms with Crippen LogP contribution in [-0.2, 0) is 4.79 Å². The van der Waals surface area contributed by atoms with Crippen LogP contribution in [0.3, 0.4) is 0 Å². The third-order valence-electron chi connectivity index (χ3n) is 4.17. The van der Waals surface area contributed by atoms with Gasteiger partial charge in [0.1, 0.15) is 26.2 Å². The van der Waals surface area contributed by atoms with E-state index in [0.29, 0.717) is 6.42 Å². The third-order valence-corrected chi connectivity index (χ3v) is 4.17. The summed E-state index contributed by atoms with van der Waals surface area (Å²) in [6.07, 6.45) is 0.616. The lowest BCUT2D eigenvalue weighted by molar-refractivity contribution is -1.01. The maximum atomic E-state index is 12.0. The first-order valence-electron chi connectivity index (χ1n) is 7.71. The second-order valence-electron chi connectivity index (χ2n) is 5.77. The molecule has 1 saturated heterocycles. The van der Waals surface area contributed by atoms with E-state index in [1.807, 2.05) is 31.2 Å². The van der Waals surface area contributed by atoms with Gasteiger partial charge in [0, 0.05) is 5.69 Å². The molecule has 0 aromatic heterocycles. The zero-order chi connectivity index (χ0) is 14.4. The maximum absolute atomic E-state index is 12.0. The molecule has 0 radical (unpaired) electrons. The van der Waals surface area contributed by atoms with Gasteiger partial charge in [-0.2, -0.15) is 0 Å². The normalized spacial score (nSPS) is 22.5. The van der Waals surface area contributed by atoms with E-state index in [9.17, 15) is 4.79 Å². The highest BCUT2D eigenvalue weighted by Crippen LogP contribution is 2.09. The van der Waals surface area contributed by atoms with Crippen molar-refractivity contribution in [3.63, 3.8) is 0 Å². The number of piperazine rings is 1. The van der Waals surface area contributed by atoms with E-state index in [1.165, 1.54) is 38.3 Å². The number of carbonyl (C=O) groups is 1. The molecule has 0 unspecified atom stereocenters. The lowest BCUT2D eigenvalue weighted by atomic mass is 10.2. The van der Waals surface area contributed by atoms with Gasteiger partial charge in [-0.1, -0.05) is 12.1 Å². The minimum absolute atomic E-state index is 0.133. The number of amides is 1. The maximum Gasteiger partial charge on any atom is 0.230 e. The number of quaternary nitrogens is 2. The number of aryl methyl sites for hydroxylation is 1. The quantitative estimate of drug-likeness (QED) is 0.643. The van der Waals surface area contributed by atoms with E-state index in [4.69, 9.17) is 0 Å². The van der Waals surface area contributed by atoms with Crippen molar-refractivity contribution in [3.05, 3.63) is 29.8 Å². The van der Waals surface area contributed by atoms with Crippen LogP contribution in [0.5, 0.6) is 0 Å². The summed E-state index contributed by atoms with van der Waals surface area (Å²) >= 11 is 0. The summed E-state index contributed by atoms with van der Waals surface area (Å²) < 4.78 is 0. The first-order chi connectivity index (χ1) is 9.67. The average Bonchev–Trinajstić information content (AvgIpc) is 2.46. The van der Waals surface area contributed by atoms with E-state index in [2.05, 4.69) is 12.2 Å². The first kappa shape index (κ1) is 15.0. The van der Waals surface area contributed by atoms with Crippen LogP contribution in [0, 0.1) is 6.92 Å². The van der Waals surface area contributed by atoms with Crippen molar-refractivity contribution in [1.82, 2.24) is 0 Å². The summed E-state index contributed by atoms with van der Waals surface area (Å²) in [4.78, 5) is 15.2. The fourth-order valence-electron chi connectivity index (χ4n) is 2.80. The summed E-state index contributed by atoms with van der Waals surface area (Å²) in [5.41, 5.74) is 2.08. The van der Waals surface area contributed by atoms with Crippen molar-refractivity contribution >= 4 is 11.6 Å². The molecule has 2 rings (SSSR count). The molecule has 1 aliphatic heterocycles. The van der Waals surface area contributed by atoms with E-state index >= 15 is 0 Å². The number of nitrogens with one attached hydrogen (secondary N) is 3. The molecule has 1 aromatic rings. The standard InChI is InChI=1S/C16H25N3O/c1-3-18-9-11-19(12-10-18)8-7-16(20)17-15-6-4-5-14(2)13-15/h4-6,13H,3,7-12H2,1-2H3,(H,17,20)/p+2. The van der Waals surface area contributed by atoms with Crippen molar-refractivity contribution in [2.45, 2.75) is 20.3 Å². The molecule has 4 nitrogen and oxygen atoms in total. The number of likely N-dealkylation sites (N-methyl/N-ethyl adjacent to an activating group) is 1. The highest BCUT2D eigenvalue weighted by molar-refractivity contribution is 5.90. The number of benzene rings is 1. The molecule has 1 aromatic carbocycles. The third kappa shape index (κ3) is 4.62. The van der Waals surface area contributed by atoms with Crippen LogP contribution in [0.25, 0.3) is 0 Å². The predicted octanol–water partition coefficient (Wildman–Crippen LogP) is -0.873. The molecule has 110 valence electrons. The van der Waals surface area contributed by atoms with Gasteiger partial charge in [0.15, 0.2) is 0 Å². The van der Waals surface area contributed by atoms with Gasteiger partial charge in [0.05, 0.1) is 19.5 Å². The fourth-order valence-corrected chi connectivity index (χ4v) is 2.80. The van der Waals surface area contributed by atoms with Crippen molar-refractivity contribution in [1.29, 1.82) is 0 Å². The van der Waals surface area contributed by atoms with Crippen LogP contribution in [0.2, 0.25) is 0 Å². The van der Waals surface area contributed by atoms with E-state index in [0.717, 1.165) is 12.2 Å². The second kappa shape index (κ2) is 7.41. The van der Waals surface area contributed by atoms with Crippen molar-refractivity contribution in [2.24, 2.45) is 0 Å². The van der Waals surface area contributed by atoms with Gasteiger partial charge >= 0.3 is 0 Å². The Bertz CT molecular complexity index is 439. The van der Waals surface area contributed by atoms with Gasteiger partial charge in [-0.15, -0.1) is 0 Å². The Morgan fingerprint density at radius 1 is 1.20 bits per heavy atom. The van der Waals surface area contributed by atoms with Gasteiger partial charge in [-0.05, 0) is 31.5 Å². The Hall–Kier alpha value is -1.39. The van der Waals surface area contributed by atoms with Gasteiger partial charge < -0.3 is 15.1 Å². The monoisotopic (exact) mass is 277 g/mol. The van der Waals surface area contributed by atoms with Crippen LogP contribution < -0.4 is 15.1 Å². The largest absolute Gasteiger partial charge is 0.326 e. The summed E-state index contributed by atoms with van der Waals surface area (Å²) in [7, 11) is 0. The summed E-state index contributed by atoms with van der Waals surface area (Å²) in [5.74, 6) is 0.133. The van der Waals surface area contributed by atoms with Crippen molar-refractivity contribution < 1.29 is 14.6 Å². The second-order valence-corrected chi connectivity index (χ2v) is 5.77. The molecule has 0 spiro atoms. The minimum Gasteiger partial charge on any atom is -0.326 e. The Morgan fingerprint density at radius 3 is 2.55 bits per heavy atom. The van der Waals surface area contributed by atoms with Crippen LogP contribution >= 0.6 is 0 Å². The molecule has 1 aliphatic rings. The lowest BCUT2D eigenvalue weighted by Crippen LogP contribution is -3.28. The molecule has 0 aliphatic carbocycles. The summed E-state index contributed by atoms with van der Waals surface area (Å²) in [6.45, 7) is 11.3. The van der Waals surface area contributed by atoms with Gasteiger partial charge in [-0.25, -0.2) is 0 Å². The molecule has 1 heterocycles. The highest BCUT2D eigenvalue weighted by Gasteiger charge is 2.21. The topological polar surface area (TPSA) is 38.0 Å². The zero-order valence-electron chi connectivity index (χ0n) is 12.7. The first-order valence-corrected chi connectivity index (χ1v) is 7.71. The van der Waals surface area contributed by atoms with Gasteiger partial charge in [0.2, 0.25) is 5.91 Å². The molecule has 0 bridgehead atoms. The number of hydrogen-bond acceptors (Lipinski definition) is 1. The Morgan fingerprint density at radius 2 is 1.90 bits per heavy atom. The molecule has 3 N–H and O–H groups in total. The molecule has 4 heteroatoms. The Labute approximate surface area is 121 Å². The molecular weight excluding hydrogens is 250 g/mol.